The maximum atomic E-state index is 5.43. The van der Waals surface area contributed by atoms with E-state index in [1.54, 1.807) is 7.11 Å². The summed E-state index contributed by atoms with van der Waals surface area (Å²) in [6.07, 6.45) is 0. The molecule has 0 saturated carbocycles. The monoisotopic (exact) mass is 448 g/mol. The van der Waals surface area contributed by atoms with Gasteiger partial charge in [-0.05, 0) is 46.0 Å². The summed E-state index contributed by atoms with van der Waals surface area (Å²) < 4.78 is 5.43. The highest BCUT2D eigenvalue weighted by Gasteiger charge is 2.16. The zero-order chi connectivity index (χ0) is 17.3. The van der Waals surface area contributed by atoms with Gasteiger partial charge < -0.3 is 20.3 Å². The highest BCUT2D eigenvalue weighted by molar-refractivity contribution is 14.0. The van der Waals surface area contributed by atoms with Gasteiger partial charge in [0.1, 0.15) is 0 Å². The van der Waals surface area contributed by atoms with E-state index < -0.39 is 0 Å². The van der Waals surface area contributed by atoms with E-state index in [4.69, 9.17) is 4.74 Å². The maximum Gasteiger partial charge on any atom is 0.191 e. The molecular formula is C18H33IN4O. The largest absolute Gasteiger partial charge is 0.377 e. The number of aliphatic imine (C=N–C) groups is 1. The van der Waals surface area contributed by atoms with Crippen molar-refractivity contribution in [3.63, 3.8) is 0 Å². The van der Waals surface area contributed by atoms with Gasteiger partial charge in [0, 0.05) is 26.7 Å². The number of rotatable bonds is 8. The lowest BCUT2D eigenvalue weighted by atomic mass is 10.1. The Morgan fingerprint density at radius 3 is 2.46 bits per heavy atom. The fraction of sp³-hybridized carbons (Fsp3) is 0.611. The Kier molecular flexibility index (Phi) is 11.2. The Labute approximate surface area is 164 Å². The summed E-state index contributed by atoms with van der Waals surface area (Å²) in [7, 11) is 5.88. The molecule has 0 heterocycles. The summed E-state index contributed by atoms with van der Waals surface area (Å²) in [6.45, 7) is 9.30. The summed E-state index contributed by atoms with van der Waals surface area (Å²) in [5, 5.41) is 6.61. The summed E-state index contributed by atoms with van der Waals surface area (Å²) in [4.78, 5) is 6.83. The molecule has 0 spiro atoms. The number of halogens is 1. The highest BCUT2D eigenvalue weighted by Crippen LogP contribution is 2.08. The van der Waals surface area contributed by atoms with E-state index in [9.17, 15) is 0 Å². The molecule has 0 aliphatic carbocycles. The molecule has 24 heavy (non-hydrogen) atoms. The number of benzene rings is 1. The molecule has 2 N–H and O–H groups in total. The number of hydrogen-bond donors (Lipinski definition) is 2. The maximum absolute atomic E-state index is 5.43. The van der Waals surface area contributed by atoms with Crippen molar-refractivity contribution in [2.45, 2.75) is 39.5 Å². The van der Waals surface area contributed by atoms with Crippen LogP contribution in [0.4, 0.5) is 0 Å². The van der Waals surface area contributed by atoms with Gasteiger partial charge in [-0.3, -0.25) is 0 Å². The molecule has 0 amide bonds. The van der Waals surface area contributed by atoms with Gasteiger partial charge in [0.15, 0.2) is 5.96 Å². The summed E-state index contributed by atoms with van der Waals surface area (Å²) in [5.41, 5.74) is 2.30. The minimum atomic E-state index is -0.220. The van der Waals surface area contributed by atoms with Gasteiger partial charge in [-0.2, -0.15) is 0 Å². The van der Waals surface area contributed by atoms with Crippen molar-refractivity contribution < 1.29 is 4.74 Å². The topological polar surface area (TPSA) is 48.9 Å². The third-order valence-corrected chi connectivity index (χ3v) is 3.49. The molecule has 0 radical (unpaired) electrons. The van der Waals surface area contributed by atoms with E-state index in [0.29, 0.717) is 13.1 Å². The van der Waals surface area contributed by atoms with E-state index in [1.807, 2.05) is 13.8 Å². The number of ether oxygens (including phenoxy) is 1. The zero-order valence-electron chi connectivity index (χ0n) is 15.8. The quantitative estimate of drug-likeness (QED) is 0.365. The Balaban J connectivity index is 0.00000529. The van der Waals surface area contributed by atoms with Gasteiger partial charge in [0.25, 0.3) is 0 Å². The van der Waals surface area contributed by atoms with Crippen molar-refractivity contribution in [2.24, 2.45) is 4.99 Å². The number of methoxy groups -OCH3 is 1. The second kappa shape index (κ2) is 11.7. The molecule has 0 aromatic heterocycles. The Hall–Kier alpha value is -0.860. The SMILES string of the molecule is CCNC(=NCc1cccc(CN(C)C)c1)NCC(C)(C)OC.I. The first kappa shape index (κ1) is 23.1. The Bertz CT molecular complexity index is 504. The Morgan fingerprint density at radius 2 is 1.88 bits per heavy atom. The average molecular weight is 448 g/mol. The molecule has 0 fully saturated rings. The van der Waals surface area contributed by atoms with Crippen molar-refractivity contribution in [3.8, 4) is 0 Å². The summed E-state index contributed by atoms with van der Waals surface area (Å²) in [5.74, 6) is 0.815. The van der Waals surface area contributed by atoms with Crippen LogP contribution < -0.4 is 10.6 Å². The third-order valence-electron chi connectivity index (χ3n) is 3.49. The van der Waals surface area contributed by atoms with Crippen LogP contribution >= 0.6 is 24.0 Å². The minimum Gasteiger partial charge on any atom is -0.377 e. The second-order valence-corrected chi connectivity index (χ2v) is 6.57. The van der Waals surface area contributed by atoms with Crippen LogP contribution in [0.3, 0.4) is 0 Å². The lowest BCUT2D eigenvalue weighted by Crippen LogP contribution is -2.45. The average Bonchev–Trinajstić information content (AvgIpc) is 2.50. The van der Waals surface area contributed by atoms with E-state index in [-0.39, 0.29) is 29.6 Å². The molecule has 0 bridgehead atoms. The van der Waals surface area contributed by atoms with Crippen LogP contribution in [0, 0.1) is 0 Å². The van der Waals surface area contributed by atoms with Gasteiger partial charge in [0.05, 0.1) is 12.1 Å². The van der Waals surface area contributed by atoms with E-state index in [2.05, 4.69) is 65.8 Å². The molecule has 1 aromatic carbocycles. The van der Waals surface area contributed by atoms with Crippen LogP contribution in [0.25, 0.3) is 0 Å². The summed E-state index contributed by atoms with van der Waals surface area (Å²) in [6, 6.07) is 8.58. The van der Waals surface area contributed by atoms with Crippen molar-refractivity contribution >= 4 is 29.9 Å². The van der Waals surface area contributed by atoms with Crippen molar-refractivity contribution in [2.75, 3.05) is 34.3 Å². The molecule has 1 rings (SSSR count). The molecule has 0 aliphatic rings. The van der Waals surface area contributed by atoms with Gasteiger partial charge in [0.2, 0.25) is 0 Å². The minimum absolute atomic E-state index is 0. The molecular weight excluding hydrogens is 415 g/mol. The molecule has 0 atom stereocenters. The van der Waals surface area contributed by atoms with E-state index >= 15 is 0 Å². The lowest BCUT2D eigenvalue weighted by Gasteiger charge is -2.24. The van der Waals surface area contributed by atoms with Crippen molar-refractivity contribution in [3.05, 3.63) is 35.4 Å². The van der Waals surface area contributed by atoms with E-state index in [1.165, 1.54) is 11.1 Å². The van der Waals surface area contributed by atoms with Gasteiger partial charge >= 0.3 is 0 Å². The van der Waals surface area contributed by atoms with Crippen molar-refractivity contribution in [1.29, 1.82) is 0 Å². The first-order valence-corrected chi connectivity index (χ1v) is 8.16. The van der Waals surface area contributed by atoms with Crippen LogP contribution in [-0.4, -0.2) is 50.8 Å². The highest BCUT2D eigenvalue weighted by atomic mass is 127. The molecule has 0 unspecified atom stereocenters. The predicted molar refractivity (Wildman–Crippen MR) is 113 cm³/mol. The van der Waals surface area contributed by atoms with Gasteiger partial charge in [-0.1, -0.05) is 24.3 Å². The zero-order valence-corrected chi connectivity index (χ0v) is 18.2. The normalized spacial score (nSPS) is 12.0. The molecule has 138 valence electrons. The van der Waals surface area contributed by atoms with Crippen LogP contribution in [-0.2, 0) is 17.8 Å². The van der Waals surface area contributed by atoms with Crippen LogP contribution in [0.5, 0.6) is 0 Å². The number of nitrogens with zero attached hydrogens (tertiary/aromatic N) is 2. The molecule has 0 saturated heterocycles. The Morgan fingerprint density at radius 1 is 1.21 bits per heavy atom. The summed E-state index contributed by atoms with van der Waals surface area (Å²) >= 11 is 0. The van der Waals surface area contributed by atoms with Crippen LogP contribution in [0.2, 0.25) is 0 Å². The lowest BCUT2D eigenvalue weighted by molar-refractivity contribution is 0.0268. The van der Waals surface area contributed by atoms with Crippen LogP contribution in [0.1, 0.15) is 31.9 Å². The second-order valence-electron chi connectivity index (χ2n) is 6.57. The molecule has 0 aliphatic heterocycles. The van der Waals surface area contributed by atoms with Gasteiger partial charge in [-0.25, -0.2) is 4.99 Å². The predicted octanol–water partition coefficient (Wildman–Crippen LogP) is 2.85. The van der Waals surface area contributed by atoms with Crippen LogP contribution in [0.15, 0.2) is 29.3 Å². The molecule has 6 heteroatoms. The molecule has 5 nitrogen and oxygen atoms in total. The number of nitrogens with one attached hydrogen (secondary N) is 2. The third kappa shape index (κ3) is 9.44. The van der Waals surface area contributed by atoms with Crippen molar-refractivity contribution in [1.82, 2.24) is 15.5 Å². The van der Waals surface area contributed by atoms with Gasteiger partial charge in [-0.15, -0.1) is 24.0 Å². The smallest absolute Gasteiger partial charge is 0.191 e. The number of hydrogen-bond acceptors (Lipinski definition) is 3. The molecule has 1 aromatic rings. The fourth-order valence-corrected chi connectivity index (χ4v) is 2.07. The van der Waals surface area contributed by atoms with E-state index in [0.717, 1.165) is 19.0 Å². The standard InChI is InChI=1S/C18H32N4O.HI/c1-7-19-17(21-14-18(2,3)23-6)20-12-15-9-8-10-16(11-15)13-22(4)5;/h8-11H,7,12-14H2,1-6H3,(H2,19,20,21);1H. The first-order chi connectivity index (χ1) is 10.9. The first-order valence-electron chi connectivity index (χ1n) is 8.16. The fourth-order valence-electron chi connectivity index (χ4n) is 2.07. The number of guanidine groups is 1.